The number of piperidine rings is 1. The standard InChI is InChI=1S/C24H26N6O.ClH/c1-2-11-31-20-6-5-17-12-19(4-3-18(17)13-20)22-21-23(25)27-15-28-24(21)30(29-22)14-16-7-9-26-10-8-16;/h2-6,12-13,15-16,26H,1,7-11,14H2,(H2,25,27,28);1H. The maximum absolute atomic E-state index is 6.28. The highest BCUT2D eigenvalue weighted by molar-refractivity contribution is 6.00. The van der Waals surface area contributed by atoms with Crippen LogP contribution < -0.4 is 15.8 Å². The molecule has 166 valence electrons. The van der Waals surface area contributed by atoms with Gasteiger partial charge < -0.3 is 15.8 Å². The molecule has 0 radical (unpaired) electrons. The molecule has 8 heteroatoms. The molecule has 2 aromatic heterocycles. The van der Waals surface area contributed by atoms with Crippen LogP contribution in [-0.2, 0) is 6.54 Å². The normalized spacial score (nSPS) is 14.4. The van der Waals surface area contributed by atoms with Gasteiger partial charge in [-0.25, -0.2) is 14.6 Å². The Morgan fingerprint density at radius 3 is 2.72 bits per heavy atom. The second-order valence-electron chi connectivity index (χ2n) is 8.01. The second kappa shape index (κ2) is 9.54. The third-order valence-electron chi connectivity index (χ3n) is 5.90. The minimum absolute atomic E-state index is 0. The van der Waals surface area contributed by atoms with E-state index in [0.29, 0.717) is 18.3 Å². The summed E-state index contributed by atoms with van der Waals surface area (Å²) in [6, 6.07) is 12.4. The Hall–Kier alpha value is -3.16. The van der Waals surface area contributed by atoms with Crippen molar-refractivity contribution in [2.45, 2.75) is 19.4 Å². The first-order valence-electron chi connectivity index (χ1n) is 10.7. The molecule has 1 aliphatic rings. The fourth-order valence-electron chi connectivity index (χ4n) is 4.28. The van der Waals surface area contributed by atoms with Crippen LogP contribution in [0.1, 0.15) is 12.8 Å². The zero-order valence-electron chi connectivity index (χ0n) is 17.8. The van der Waals surface area contributed by atoms with Crippen LogP contribution in [0.4, 0.5) is 5.82 Å². The number of rotatable bonds is 6. The lowest BCUT2D eigenvalue weighted by molar-refractivity contribution is 0.325. The summed E-state index contributed by atoms with van der Waals surface area (Å²) in [5.74, 6) is 1.87. The molecular formula is C24H27ClN6O. The summed E-state index contributed by atoms with van der Waals surface area (Å²) >= 11 is 0. The number of aromatic nitrogens is 4. The average molecular weight is 451 g/mol. The second-order valence-corrected chi connectivity index (χ2v) is 8.01. The molecule has 5 rings (SSSR count). The van der Waals surface area contributed by atoms with Gasteiger partial charge in [0.15, 0.2) is 5.65 Å². The summed E-state index contributed by atoms with van der Waals surface area (Å²) in [6.45, 7) is 7.13. The molecule has 3 heterocycles. The van der Waals surface area contributed by atoms with E-state index in [1.54, 1.807) is 6.08 Å². The van der Waals surface area contributed by atoms with E-state index in [2.05, 4.69) is 46.1 Å². The summed E-state index contributed by atoms with van der Waals surface area (Å²) in [5, 5.41) is 11.4. The average Bonchev–Trinajstić information content (AvgIpc) is 3.17. The van der Waals surface area contributed by atoms with Crippen LogP contribution in [0.25, 0.3) is 33.1 Å². The highest BCUT2D eigenvalue weighted by Gasteiger charge is 2.21. The predicted molar refractivity (Wildman–Crippen MR) is 131 cm³/mol. The van der Waals surface area contributed by atoms with E-state index < -0.39 is 0 Å². The maximum atomic E-state index is 6.28. The minimum Gasteiger partial charge on any atom is -0.490 e. The van der Waals surface area contributed by atoms with Crippen molar-refractivity contribution in [2.75, 3.05) is 25.4 Å². The van der Waals surface area contributed by atoms with E-state index >= 15 is 0 Å². The molecule has 1 fully saturated rings. The summed E-state index contributed by atoms with van der Waals surface area (Å²) in [7, 11) is 0. The molecule has 0 bridgehead atoms. The van der Waals surface area contributed by atoms with Crippen LogP contribution in [-0.4, -0.2) is 39.4 Å². The van der Waals surface area contributed by atoms with E-state index in [-0.39, 0.29) is 12.4 Å². The fourth-order valence-corrected chi connectivity index (χ4v) is 4.28. The van der Waals surface area contributed by atoms with Gasteiger partial charge in [-0.2, -0.15) is 5.10 Å². The van der Waals surface area contributed by atoms with Crippen LogP contribution in [0.15, 0.2) is 55.4 Å². The number of nitrogens with one attached hydrogen (secondary N) is 1. The maximum Gasteiger partial charge on any atom is 0.163 e. The summed E-state index contributed by atoms with van der Waals surface area (Å²) in [6.07, 6.45) is 5.55. The van der Waals surface area contributed by atoms with Crippen LogP contribution in [0.5, 0.6) is 5.75 Å². The van der Waals surface area contributed by atoms with Crippen molar-refractivity contribution in [3.8, 4) is 17.0 Å². The number of nitrogens with zero attached hydrogens (tertiary/aromatic N) is 4. The summed E-state index contributed by atoms with van der Waals surface area (Å²) in [5.41, 5.74) is 8.91. The predicted octanol–water partition coefficient (Wildman–Crippen LogP) is 4.21. The third kappa shape index (κ3) is 4.26. The number of ether oxygens (including phenoxy) is 1. The molecule has 0 amide bonds. The van der Waals surface area contributed by atoms with Gasteiger partial charge in [0.05, 0.1) is 5.39 Å². The largest absolute Gasteiger partial charge is 0.490 e. The Morgan fingerprint density at radius 1 is 1.12 bits per heavy atom. The van der Waals surface area contributed by atoms with Gasteiger partial charge in [-0.15, -0.1) is 12.4 Å². The van der Waals surface area contributed by atoms with Crippen molar-refractivity contribution in [3.05, 3.63) is 55.4 Å². The van der Waals surface area contributed by atoms with Crippen molar-refractivity contribution in [2.24, 2.45) is 5.92 Å². The number of nitrogen functional groups attached to an aromatic ring is 1. The van der Waals surface area contributed by atoms with Crippen molar-refractivity contribution in [3.63, 3.8) is 0 Å². The molecule has 0 saturated carbocycles. The molecule has 1 saturated heterocycles. The Morgan fingerprint density at radius 2 is 1.91 bits per heavy atom. The Bertz CT molecular complexity index is 1250. The van der Waals surface area contributed by atoms with E-state index in [9.17, 15) is 0 Å². The molecule has 7 nitrogen and oxygen atoms in total. The van der Waals surface area contributed by atoms with Gasteiger partial charge in [0.2, 0.25) is 0 Å². The zero-order valence-corrected chi connectivity index (χ0v) is 18.6. The van der Waals surface area contributed by atoms with Crippen LogP contribution in [0.2, 0.25) is 0 Å². The lowest BCUT2D eigenvalue weighted by Gasteiger charge is -2.22. The van der Waals surface area contributed by atoms with Crippen molar-refractivity contribution < 1.29 is 4.74 Å². The summed E-state index contributed by atoms with van der Waals surface area (Å²) < 4.78 is 7.66. The first-order valence-corrected chi connectivity index (χ1v) is 10.7. The highest BCUT2D eigenvalue weighted by Crippen LogP contribution is 2.33. The molecule has 3 N–H and O–H groups in total. The van der Waals surface area contributed by atoms with E-state index in [1.807, 2.05) is 16.8 Å². The number of hydrogen-bond acceptors (Lipinski definition) is 6. The van der Waals surface area contributed by atoms with Gasteiger partial charge in [0.25, 0.3) is 0 Å². The van der Waals surface area contributed by atoms with Gasteiger partial charge >= 0.3 is 0 Å². The Balaban J connectivity index is 0.00000245. The zero-order chi connectivity index (χ0) is 21.2. The number of fused-ring (bicyclic) bond motifs is 2. The van der Waals surface area contributed by atoms with Crippen molar-refractivity contribution in [1.82, 2.24) is 25.1 Å². The SMILES string of the molecule is C=CCOc1ccc2cc(-c3nn(CC4CCNCC4)c4ncnc(N)c34)ccc2c1.Cl. The molecular weight excluding hydrogens is 424 g/mol. The first kappa shape index (κ1) is 22.0. The Kier molecular flexibility index (Phi) is 6.58. The smallest absolute Gasteiger partial charge is 0.163 e. The third-order valence-corrected chi connectivity index (χ3v) is 5.90. The van der Waals surface area contributed by atoms with Crippen LogP contribution in [0, 0.1) is 5.92 Å². The number of benzene rings is 2. The number of nitrogens with two attached hydrogens (primary N) is 1. The van der Waals surface area contributed by atoms with Gasteiger partial charge in [0.1, 0.15) is 30.2 Å². The molecule has 0 aliphatic carbocycles. The van der Waals surface area contributed by atoms with Crippen molar-refractivity contribution in [1.29, 1.82) is 0 Å². The first-order chi connectivity index (χ1) is 15.2. The fraction of sp³-hybridized carbons (Fsp3) is 0.292. The quantitative estimate of drug-likeness (QED) is 0.427. The molecule has 0 unspecified atom stereocenters. The molecule has 0 atom stereocenters. The molecule has 32 heavy (non-hydrogen) atoms. The van der Waals surface area contributed by atoms with Gasteiger partial charge in [-0.05, 0) is 60.8 Å². The number of anilines is 1. The van der Waals surface area contributed by atoms with E-state index in [1.165, 1.54) is 6.33 Å². The van der Waals surface area contributed by atoms with Crippen LogP contribution >= 0.6 is 12.4 Å². The summed E-state index contributed by atoms with van der Waals surface area (Å²) in [4.78, 5) is 8.76. The topological polar surface area (TPSA) is 90.9 Å². The molecule has 4 aromatic rings. The van der Waals surface area contributed by atoms with E-state index in [4.69, 9.17) is 15.6 Å². The lowest BCUT2D eigenvalue weighted by atomic mass is 9.98. The molecule has 2 aromatic carbocycles. The number of hydrogen-bond donors (Lipinski definition) is 2. The van der Waals surface area contributed by atoms with Crippen LogP contribution in [0.3, 0.4) is 0 Å². The molecule has 0 spiro atoms. The van der Waals surface area contributed by atoms with Crippen molar-refractivity contribution >= 4 is 40.0 Å². The Labute approximate surface area is 193 Å². The van der Waals surface area contributed by atoms with Gasteiger partial charge in [0, 0.05) is 12.1 Å². The lowest BCUT2D eigenvalue weighted by Crippen LogP contribution is -2.30. The minimum atomic E-state index is 0. The van der Waals surface area contributed by atoms with E-state index in [0.717, 1.165) is 71.3 Å². The highest BCUT2D eigenvalue weighted by atomic mass is 35.5. The monoisotopic (exact) mass is 450 g/mol. The van der Waals surface area contributed by atoms with Gasteiger partial charge in [-0.1, -0.05) is 30.9 Å². The van der Waals surface area contributed by atoms with Gasteiger partial charge in [-0.3, -0.25) is 0 Å². The molecule has 1 aliphatic heterocycles. The number of halogens is 1.